The minimum absolute atomic E-state index is 0.188. The maximum atomic E-state index is 12.1. The molecule has 0 amide bonds. The first-order valence-electron chi connectivity index (χ1n) is 6.93. The highest BCUT2D eigenvalue weighted by Gasteiger charge is 2.23. The number of nitrogens with one attached hydrogen (secondary N) is 1. The van der Waals surface area contributed by atoms with Crippen molar-refractivity contribution in [2.24, 2.45) is 5.92 Å². The summed E-state index contributed by atoms with van der Waals surface area (Å²) >= 11 is 0. The van der Waals surface area contributed by atoms with E-state index in [0.29, 0.717) is 18.0 Å². The van der Waals surface area contributed by atoms with E-state index < -0.39 is 10.0 Å². The standard InChI is InChI=1S/C13H22N2O3S/c1-10-13(11(2)18-15-10)19(16,17)14-9-5-8-12-6-3-4-7-12/h12,14H,3-9H2,1-2H3. The van der Waals surface area contributed by atoms with E-state index in [2.05, 4.69) is 9.88 Å². The van der Waals surface area contributed by atoms with Gasteiger partial charge in [-0.05, 0) is 32.6 Å². The molecule has 0 aromatic carbocycles. The smallest absolute Gasteiger partial charge is 0.245 e. The van der Waals surface area contributed by atoms with Gasteiger partial charge in [0.15, 0.2) is 5.76 Å². The molecule has 1 aliphatic carbocycles. The molecule has 0 spiro atoms. The van der Waals surface area contributed by atoms with Crippen LogP contribution >= 0.6 is 0 Å². The van der Waals surface area contributed by atoms with Gasteiger partial charge in [-0.25, -0.2) is 13.1 Å². The van der Waals surface area contributed by atoms with Crippen LogP contribution in [0.1, 0.15) is 50.0 Å². The molecule has 0 radical (unpaired) electrons. The summed E-state index contributed by atoms with van der Waals surface area (Å²) in [5.74, 6) is 1.14. The molecular formula is C13H22N2O3S. The Morgan fingerprint density at radius 2 is 2.00 bits per heavy atom. The van der Waals surface area contributed by atoms with Crippen molar-refractivity contribution in [2.45, 2.75) is 57.3 Å². The molecule has 0 atom stereocenters. The maximum absolute atomic E-state index is 12.1. The van der Waals surface area contributed by atoms with E-state index in [9.17, 15) is 8.42 Å². The number of sulfonamides is 1. The van der Waals surface area contributed by atoms with E-state index in [4.69, 9.17) is 4.52 Å². The number of hydrogen-bond donors (Lipinski definition) is 1. The van der Waals surface area contributed by atoms with Crippen LogP contribution in [0.3, 0.4) is 0 Å². The molecule has 0 unspecified atom stereocenters. The third kappa shape index (κ3) is 3.57. The van der Waals surface area contributed by atoms with E-state index in [1.165, 1.54) is 25.7 Å². The molecule has 2 rings (SSSR count). The first kappa shape index (κ1) is 14.5. The van der Waals surface area contributed by atoms with E-state index >= 15 is 0 Å². The Labute approximate surface area is 114 Å². The fourth-order valence-corrected chi connectivity index (χ4v) is 4.23. The Morgan fingerprint density at radius 1 is 1.32 bits per heavy atom. The summed E-state index contributed by atoms with van der Waals surface area (Å²) in [6.45, 7) is 3.75. The lowest BCUT2D eigenvalue weighted by Gasteiger charge is -2.09. The summed E-state index contributed by atoms with van der Waals surface area (Å²) in [6.07, 6.45) is 7.27. The highest BCUT2D eigenvalue weighted by atomic mass is 32.2. The van der Waals surface area contributed by atoms with E-state index in [1.54, 1.807) is 13.8 Å². The SMILES string of the molecule is Cc1noc(C)c1S(=O)(=O)NCCCC1CCCC1. The second-order valence-corrected chi connectivity index (χ2v) is 7.05. The quantitative estimate of drug-likeness (QED) is 0.816. The van der Waals surface area contributed by atoms with Crippen molar-refractivity contribution in [3.8, 4) is 0 Å². The molecule has 108 valence electrons. The first-order chi connectivity index (χ1) is 9.00. The number of nitrogens with zero attached hydrogens (tertiary/aromatic N) is 1. The molecule has 6 heteroatoms. The van der Waals surface area contributed by atoms with Crippen molar-refractivity contribution in [1.29, 1.82) is 0 Å². The van der Waals surface area contributed by atoms with Gasteiger partial charge in [0.25, 0.3) is 0 Å². The predicted molar refractivity (Wildman–Crippen MR) is 72.4 cm³/mol. The lowest BCUT2D eigenvalue weighted by molar-refractivity contribution is 0.390. The van der Waals surface area contributed by atoms with Gasteiger partial charge in [0.05, 0.1) is 0 Å². The van der Waals surface area contributed by atoms with Crippen LogP contribution in [0.25, 0.3) is 0 Å². The van der Waals surface area contributed by atoms with Crippen LogP contribution in [0.2, 0.25) is 0 Å². The van der Waals surface area contributed by atoms with Gasteiger partial charge in [-0.15, -0.1) is 0 Å². The van der Waals surface area contributed by atoms with Gasteiger partial charge >= 0.3 is 0 Å². The van der Waals surface area contributed by atoms with Gasteiger partial charge in [0, 0.05) is 6.54 Å². The van der Waals surface area contributed by atoms with E-state index in [0.717, 1.165) is 18.8 Å². The summed E-state index contributed by atoms with van der Waals surface area (Å²) in [6, 6.07) is 0. The average molecular weight is 286 g/mol. The minimum Gasteiger partial charge on any atom is -0.360 e. The van der Waals surface area contributed by atoms with Crippen molar-refractivity contribution in [2.75, 3.05) is 6.54 Å². The molecule has 0 aliphatic heterocycles. The molecule has 1 fully saturated rings. The number of hydrogen-bond acceptors (Lipinski definition) is 4. The maximum Gasteiger partial charge on any atom is 0.245 e. The van der Waals surface area contributed by atoms with Crippen LogP contribution in [0.5, 0.6) is 0 Å². The van der Waals surface area contributed by atoms with Gasteiger partial charge < -0.3 is 4.52 Å². The third-order valence-electron chi connectivity index (χ3n) is 3.79. The third-order valence-corrected chi connectivity index (χ3v) is 5.50. The van der Waals surface area contributed by atoms with Crippen LogP contribution in [0, 0.1) is 19.8 Å². The summed E-state index contributed by atoms with van der Waals surface area (Å²) in [5, 5.41) is 3.68. The Morgan fingerprint density at radius 3 is 2.58 bits per heavy atom. The zero-order valence-electron chi connectivity index (χ0n) is 11.6. The topological polar surface area (TPSA) is 72.2 Å². The van der Waals surface area contributed by atoms with Gasteiger partial charge in [-0.1, -0.05) is 30.8 Å². The largest absolute Gasteiger partial charge is 0.360 e. The Hall–Kier alpha value is -0.880. The van der Waals surface area contributed by atoms with Crippen LogP contribution in [-0.2, 0) is 10.0 Å². The Kier molecular flexibility index (Phi) is 4.62. The molecule has 1 saturated carbocycles. The molecule has 0 bridgehead atoms. The summed E-state index contributed by atoms with van der Waals surface area (Å²) in [5.41, 5.74) is 0.417. The van der Waals surface area contributed by atoms with Crippen molar-refractivity contribution in [3.63, 3.8) is 0 Å². The molecule has 1 N–H and O–H groups in total. The second kappa shape index (κ2) is 6.05. The highest BCUT2D eigenvalue weighted by molar-refractivity contribution is 7.89. The van der Waals surface area contributed by atoms with Gasteiger partial charge in [-0.2, -0.15) is 0 Å². The van der Waals surface area contributed by atoms with Crippen LogP contribution < -0.4 is 4.72 Å². The van der Waals surface area contributed by atoms with Gasteiger partial charge in [-0.3, -0.25) is 0 Å². The van der Waals surface area contributed by atoms with Crippen LogP contribution in [-0.4, -0.2) is 20.1 Å². The molecule has 1 aromatic rings. The number of aryl methyl sites for hydroxylation is 2. The minimum atomic E-state index is -3.48. The molecule has 0 saturated heterocycles. The summed E-state index contributed by atoms with van der Waals surface area (Å²) in [7, 11) is -3.48. The Bertz CT molecular complexity index is 496. The lowest BCUT2D eigenvalue weighted by atomic mass is 10.0. The summed E-state index contributed by atoms with van der Waals surface area (Å²) in [4.78, 5) is 0.188. The first-order valence-corrected chi connectivity index (χ1v) is 8.41. The van der Waals surface area contributed by atoms with Crippen molar-refractivity contribution in [1.82, 2.24) is 9.88 Å². The van der Waals surface area contributed by atoms with Gasteiger partial charge in [0.2, 0.25) is 10.0 Å². The average Bonchev–Trinajstić information content (AvgIpc) is 2.95. The molecule has 5 nitrogen and oxygen atoms in total. The van der Waals surface area contributed by atoms with Crippen molar-refractivity contribution >= 4 is 10.0 Å². The highest BCUT2D eigenvalue weighted by Crippen LogP contribution is 2.28. The fraction of sp³-hybridized carbons (Fsp3) is 0.769. The predicted octanol–water partition coefficient (Wildman–Crippen LogP) is 2.54. The number of rotatable bonds is 6. The van der Waals surface area contributed by atoms with E-state index in [-0.39, 0.29) is 4.90 Å². The zero-order valence-corrected chi connectivity index (χ0v) is 12.4. The molecule has 1 aliphatic rings. The second-order valence-electron chi connectivity index (χ2n) is 5.34. The monoisotopic (exact) mass is 286 g/mol. The lowest BCUT2D eigenvalue weighted by Crippen LogP contribution is -2.26. The van der Waals surface area contributed by atoms with Gasteiger partial charge in [0.1, 0.15) is 10.6 Å². The molecule has 1 aromatic heterocycles. The van der Waals surface area contributed by atoms with Crippen LogP contribution in [0.15, 0.2) is 9.42 Å². The zero-order chi connectivity index (χ0) is 13.9. The van der Waals surface area contributed by atoms with Crippen molar-refractivity contribution < 1.29 is 12.9 Å². The molecule has 19 heavy (non-hydrogen) atoms. The van der Waals surface area contributed by atoms with E-state index in [1.807, 2.05) is 0 Å². The number of aromatic nitrogens is 1. The van der Waals surface area contributed by atoms with Crippen molar-refractivity contribution in [3.05, 3.63) is 11.5 Å². The summed E-state index contributed by atoms with van der Waals surface area (Å²) < 4.78 is 31.8. The fourth-order valence-electron chi connectivity index (χ4n) is 2.83. The van der Waals surface area contributed by atoms with Crippen LogP contribution in [0.4, 0.5) is 0 Å². The molecular weight excluding hydrogens is 264 g/mol. The molecule has 1 heterocycles. The Balaban J connectivity index is 1.84. The normalized spacial score (nSPS) is 17.2.